The van der Waals surface area contributed by atoms with Gasteiger partial charge in [-0.3, -0.25) is 9.59 Å². The predicted octanol–water partition coefficient (Wildman–Crippen LogP) is 3.92. The number of amides is 2. The third-order valence-corrected chi connectivity index (χ3v) is 8.67. The van der Waals surface area contributed by atoms with Crippen molar-refractivity contribution in [1.29, 1.82) is 0 Å². The maximum Gasteiger partial charge on any atom is 0.407 e. The van der Waals surface area contributed by atoms with E-state index in [0.717, 1.165) is 12.8 Å². The second kappa shape index (κ2) is 8.70. The molecule has 3 N–H and O–H groups in total. The highest BCUT2D eigenvalue weighted by molar-refractivity contribution is 5.81. The first-order valence-electron chi connectivity index (χ1n) is 12.6. The Hall–Kier alpha value is -3.35. The lowest BCUT2D eigenvalue weighted by Crippen LogP contribution is -2.55. The number of rotatable bonds is 6. The van der Waals surface area contributed by atoms with E-state index in [-0.39, 0.29) is 42.4 Å². The quantitative estimate of drug-likeness (QED) is 0.589. The number of benzene rings is 2. The summed E-state index contributed by atoms with van der Waals surface area (Å²) in [7, 11) is 0. The zero-order valence-electron chi connectivity index (χ0n) is 19.5. The first kappa shape index (κ1) is 22.1. The van der Waals surface area contributed by atoms with Crippen molar-refractivity contribution in [3.63, 3.8) is 0 Å². The largest absolute Gasteiger partial charge is 0.481 e. The average Bonchev–Trinajstić information content (AvgIpc) is 3.33. The first-order chi connectivity index (χ1) is 17.0. The van der Waals surface area contributed by atoms with Gasteiger partial charge in [-0.1, -0.05) is 48.5 Å². The fourth-order valence-corrected chi connectivity index (χ4v) is 6.65. The van der Waals surface area contributed by atoms with Crippen molar-refractivity contribution < 1.29 is 24.2 Å². The van der Waals surface area contributed by atoms with Crippen LogP contribution in [0.4, 0.5) is 4.79 Å². The Labute approximate surface area is 204 Å². The number of ether oxygens (including phenoxy) is 1. The molecule has 2 amide bonds. The van der Waals surface area contributed by atoms with Crippen molar-refractivity contribution in [1.82, 2.24) is 10.6 Å². The summed E-state index contributed by atoms with van der Waals surface area (Å²) in [6.45, 7) is 0.276. The number of nitrogens with one attached hydrogen (secondary N) is 2. The fourth-order valence-electron chi connectivity index (χ4n) is 6.65. The number of carboxylic acids is 1. The van der Waals surface area contributed by atoms with E-state index in [1.165, 1.54) is 22.3 Å². The van der Waals surface area contributed by atoms with E-state index in [0.29, 0.717) is 31.1 Å². The van der Waals surface area contributed by atoms with Crippen molar-refractivity contribution in [3.8, 4) is 11.1 Å². The monoisotopic (exact) mass is 474 g/mol. The average molecular weight is 475 g/mol. The zero-order valence-corrected chi connectivity index (χ0v) is 19.5. The molecule has 0 aromatic heterocycles. The van der Waals surface area contributed by atoms with Crippen LogP contribution in [0.25, 0.3) is 11.1 Å². The molecule has 4 atom stereocenters. The normalized spacial score (nSPS) is 30.2. The third kappa shape index (κ3) is 3.97. The van der Waals surface area contributed by atoms with Crippen LogP contribution >= 0.6 is 0 Å². The molecule has 0 bridgehead atoms. The highest BCUT2D eigenvalue weighted by Gasteiger charge is 2.50. The lowest BCUT2D eigenvalue weighted by atomic mass is 9.71. The minimum absolute atomic E-state index is 0.0238. The van der Waals surface area contributed by atoms with Crippen LogP contribution in [0, 0.1) is 23.7 Å². The van der Waals surface area contributed by atoms with Crippen LogP contribution in [0.15, 0.2) is 48.5 Å². The summed E-state index contributed by atoms with van der Waals surface area (Å²) >= 11 is 0. The molecule has 0 saturated heterocycles. The predicted molar refractivity (Wildman–Crippen MR) is 129 cm³/mol. The van der Waals surface area contributed by atoms with Gasteiger partial charge in [-0.2, -0.15) is 0 Å². The Morgan fingerprint density at radius 3 is 2.14 bits per heavy atom. The minimum Gasteiger partial charge on any atom is -0.481 e. The number of fused-ring (bicyclic) bond motifs is 4. The van der Waals surface area contributed by atoms with Gasteiger partial charge in [0.1, 0.15) is 6.61 Å². The van der Waals surface area contributed by atoms with Crippen molar-refractivity contribution >= 4 is 18.0 Å². The second-order valence-electron chi connectivity index (χ2n) is 10.6. The molecular weight excluding hydrogens is 444 g/mol. The van der Waals surface area contributed by atoms with Gasteiger partial charge in [-0.25, -0.2) is 4.79 Å². The van der Waals surface area contributed by atoms with Crippen molar-refractivity contribution in [2.45, 2.75) is 50.1 Å². The molecule has 2 aromatic rings. The Morgan fingerprint density at radius 1 is 0.829 bits per heavy atom. The lowest BCUT2D eigenvalue weighted by Gasteiger charge is -2.43. The van der Waals surface area contributed by atoms with Gasteiger partial charge in [0.25, 0.3) is 0 Å². The Morgan fingerprint density at radius 2 is 1.49 bits per heavy atom. The molecule has 1 unspecified atom stereocenters. The Kier molecular flexibility index (Phi) is 5.50. The van der Waals surface area contributed by atoms with Crippen molar-refractivity contribution in [2.75, 3.05) is 6.61 Å². The molecule has 0 radical (unpaired) electrons. The maximum atomic E-state index is 12.6. The molecule has 4 aliphatic rings. The Bertz CT molecular complexity index is 1130. The van der Waals surface area contributed by atoms with Crippen LogP contribution in [-0.2, 0) is 14.3 Å². The van der Waals surface area contributed by atoms with Crippen LogP contribution in [0.5, 0.6) is 0 Å². The highest BCUT2D eigenvalue weighted by atomic mass is 16.5. The van der Waals surface area contributed by atoms with Gasteiger partial charge < -0.3 is 20.5 Å². The van der Waals surface area contributed by atoms with Crippen molar-refractivity contribution in [2.24, 2.45) is 23.7 Å². The van der Waals surface area contributed by atoms with Gasteiger partial charge in [0, 0.05) is 23.9 Å². The molecule has 35 heavy (non-hydrogen) atoms. The summed E-state index contributed by atoms with van der Waals surface area (Å²) < 4.78 is 5.61. The number of carboxylic acid groups (broad SMARTS) is 1. The molecule has 6 rings (SSSR count). The summed E-state index contributed by atoms with van der Waals surface area (Å²) in [5.41, 5.74) is 4.74. The number of carbonyl (C=O) groups excluding carboxylic acids is 2. The summed E-state index contributed by atoms with van der Waals surface area (Å²) in [4.78, 5) is 36.3. The van der Waals surface area contributed by atoms with Gasteiger partial charge in [-0.05, 0) is 66.2 Å². The molecule has 3 saturated carbocycles. The summed E-state index contributed by atoms with van der Waals surface area (Å²) in [5, 5.41) is 15.3. The highest BCUT2D eigenvalue weighted by Crippen LogP contribution is 2.50. The van der Waals surface area contributed by atoms with Crippen LogP contribution in [0.2, 0.25) is 0 Å². The van der Waals surface area contributed by atoms with Gasteiger partial charge in [-0.15, -0.1) is 0 Å². The summed E-state index contributed by atoms with van der Waals surface area (Å²) in [5.74, 6) is -0.300. The van der Waals surface area contributed by atoms with Crippen molar-refractivity contribution in [3.05, 3.63) is 59.7 Å². The van der Waals surface area contributed by atoms with E-state index >= 15 is 0 Å². The van der Waals surface area contributed by atoms with Gasteiger partial charge in [0.2, 0.25) is 5.91 Å². The molecule has 2 aromatic carbocycles. The zero-order chi connectivity index (χ0) is 24.1. The topological polar surface area (TPSA) is 105 Å². The molecular formula is C28H30N2O5. The molecule has 7 nitrogen and oxygen atoms in total. The van der Waals surface area contributed by atoms with Gasteiger partial charge in [0.05, 0.1) is 5.92 Å². The number of alkyl carbamates (subject to hydrolysis) is 1. The molecule has 182 valence electrons. The lowest BCUT2D eigenvalue weighted by molar-refractivity contribution is -0.141. The number of hydrogen-bond acceptors (Lipinski definition) is 4. The van der Waals surface area contributed by atoms with Gasteiger partial charge >= 0.3 is 12.1 Å². The number of aliphatic carboxylic acids is 1. The van der Waals surface area contributed by atoms with Crippen LogP contribution in [0.3, 0.4) is 0 Å². The van der Waals surface area contributed by atoms with Crippen LogP contribution < -0.4 is 10.6 Å². The third-order valence-electron chi connectivity index (χ3n) is 8.67. The number of hydrogen-bond donors (Lipinski definition) is 3. The van der Waals surface area contributed by atoms with E-state index in [2.05, 4.69) is 34.9 Å². The maximum absolute atomic E-state index is 12.6. The molecule has 0 spiro atoms. The SMILES string of the molecule is O=C(NC1CC(C(=O)N[C@@H]2C[C@@H]3CC(C(=O)O)C[C@@H]32)C1)OCC1c2ccccc2-c2ccccc21. The smallest absolute Gasteiger partial charge is 0.407 e. The summed E-state index contributed by atoms with van der Waals surface area (Å²) in [6.07, 6.45) is 3.06. The first-order valence-corrected chi connectivity index (χ1v) is 12.6. The second-order valence-corrected chi connectivity index (χ2v) is 10.6. The van der Waals surface area contributed by atoms with E-state index < -0.39 is 12.1 Å². The summed E-state index contributed by atoms with van der Waals surface area (Å²) in [6, 6.07) is 16.5. The van der Waals surface area contributed by atoms with E-state index in [1.54, 1.807) is 0 Å². The van der Waals surface area contributed by atoms with Crippen LogP contribution in [0.1, 0.15) is 49.1 Å². The standard InChI is InChI=1S/C28H30N2O5/c31-26(30-25-13-15-9-17(27(32)33)12-23(15)25)16-10-18(11-16)29-28(34)35-14-24-21-7-3-1-5-19(21)20-6-2-4-8-22(20)24/h1-8,15-18,23-25H,9-14H2,(H,29,34)(H,30,31)(H,32,33)/t15-,16?,17?,18?,23-,25+/m0/s1. The van der Waals surface area contributed by atoms with E-state index in [4.69, 9.17) is 4.74 Å². The minimum atomic E-state index is -0.717. The molecule has 3 fully saturated rings. The Balaban J connectivity index is 0.955. The molecule has 7 heteroatoms. The number of carbonyl (C=O) groups is 3. The van der Waals surface area contributed by atoms with Crippen LogP contribution in [-0.4, -0.2) is 41.8 Å². The van der Waals surface area contributed by atoms with E-state index in [1.807, 2.05) is 24.3 Å². The molecule has 4 aliphatic carbocycles. The van der Waals surface area contributed by atoms with Gasteiger partial charge in [0.15, 0.2) is 0 Å². The fraction of sp³-hybridized carbons (Fsp3) is 0.464. The van der Waals surface area contributed by atoms with E-state index in [9.17, 15) is 19.5 Å². The molecule has 0 heterocycles. The molecule has 0 aliphatic heterocycles.